The van der Waals surface area contributed by atoms with Gasteiger partial charge in [-0.2, -0.15) is 0 Å². The number of hydrogen-bond donors (Lipinski definition) is 1. The SMILES string of the molecule is Fc1ccccc1-c1c2c(nc3ccc(Cl)cc13)CC[NH+](Cc1ccccc1)C2. The Hall–Kier alpha value is -2.75. The van der Waals surface area contributed by atoms with Crippen molar-refractivity contribution in [1.82, 2.24) is 4.98 Å². The Bertz CT molecular complexity index is 1190. The van der Waals surface area contributed by atoms with E-state index in [1.807, 2.05) is 36.4 Å². The summed E-state index contributed by atoms with van der Waals surface area (Å²) in [4.78, 5) is 6.38. The normalized spacial score (nSPS) is 16.0. The third-order valence-electron chi connectivity index (χ3n) is 5.72. The topological polar surface area (TPSA) is 17.3 Å². The van der Waals surface area contributed by atoms with Gasteiger partial charge in [0.25, 0.3) is 0 Å². The van der Waals surface area contributed by atoms with Crippen LogP contribution < -0.4 is 4.90 Å². The Labute approximate surface area is 174 Å². The van der Waals surface area contributed by atoms with Crippen molar-refractivity contribution in [3.63, 3.8) is 0 Å². The fourth-order valence-electron chi connectivity index (χ4n) is 4.36. The first-order chi connectivity index (χ1) is 14.2. The van der Waals surface area contributed by atoms with Crippen LogP contribution >= 0.6 is 11.6 Å². The Morgan fingerprint density at radius 3 is 2.59 bits per heavy atom. The second-order valence-electron chi connectivity index (χ2n) is 7.64. The summed E-state index contributed by atoms with van der Waals surface area (Å²) in [5.41, 5.74) is 5.97. The van der Waals surface area contributed by atoms with Gasteiger partial charge in [0.1, 0.15) is 18.9 Å². The molecule has 0 radical (unpaired) electrons. The number of hydrogen-bond acceptors (Lipinski definition) is 1. The highest BCUT2D eigenvalue weighted by molar-refractivity contribution is 6.31. The van der Waals surface area contributed by atoms with Crippen LogP contribution in [-0.4, -0.2) is 11.5 Å². The van der Waals surface area contributed by atoms with Crippen LogP contribution in [0.15, 0.2) is 72.8 Å². The molecule has 1 aromatic heterocycles. The van der Waals surface area contributed by atoms with Crippen molar-refractivity contribution in [2.24, 2.45) is 0 Å². The van der Waals surface area contributed by atoms with Gasteiger partial charge in [-0.1, -0.05) is 60.1 Å². The van der Waals surface area contributed by atoms with Crippen LogP contribution in [0.1, 0.15) is 16.8 Å². The molecule has 1 aliphatic rings. The van der Waals surface area contributed by atoms with Crippen LogP contribution in [0.2, 0.25) is 5.02 Å². The lowest BCUT2D eigenvalue weighted by atomic mass is 9.90. The molecule has 1 aliphatic heterocycles. The van der Waals surface area contributed by atoms with Gasteiger partial charge >= 0.3 is 0 Å². The molecule has 144 valence electrons. The van der Waals surface area contributed by atoms with Crippen LogP contribution in [0.3, 0.4) is 0 Å². The third kappa shape index (κ3) is 3.52. The Morgan fingerprint density at radius 1 is 0.966 bits per heavy atom. The predicted octanol–water partition coefficient (Wildman–Crippen LogP) is 4.84. The van der Waals surface area contributed by atoms with Gasteiger partial charge in [-0.15, -0.1) is 0 Å². The first kappa shape index (κ1) is 18.3. The zero-order chi connectivity index (χ0) is 19.8. The third-order valence-corrected chi connectivity index (χ3v) is 5.95. The van der Waals surface area contributed by atoms with Crippen molar-refractivity contribution < 1.29 is 9.29 Å². The Morgan fingerprint density at radius 2 is 1.76 bits per heavy atom. The molecule has 2 heterocycles. The summed E-state index contributed by atoms with van der Waals surface area (Å²) in [5, 5.41) is 1.56. The van der Waals surface area contributed by atoms with E-state index in [4.69, 9.17) is 16.6 Å². The molecule has 2 nitrogen and oxygen atoms in total. The number of rotatable bonds is 3. The minimum atomic E-state index is -0.211. The first-order valence-corrected chi connectivity index (χ1v) is 10.3. The molecule has 0 amide bonds. The molecule has 4 heteroatoms. The number of aromatic nitrogens is 1. The maximum Gasteiger partial charge on any atom is 0.131 e. The molecule has 0 aliphatic carbocycles. The molecule has 1 unspecified atom stereocenters. The summed E-state index contributed by atoms with van der Waals surface area (Å²) in [7, 11) is 0. The van der Waals surface area contributed by atoms with Gasteiger partial charge in [-0.3, -0.25) is 4.98 Å². The quantitative estimate of drug-likeness (QED) is 0.518. The van der Waals surface area contributed by atoms with Gasteiger partial charge in [0.2, 0.25) is 0 Å². The molecule has 4 aromatic rings. The summed E-state index contributed by atoms with van der Waals surface area (Å²) in [6.07, 6.45) is 0.886. The van der Waals surface area contributed by atoms with Gasteiger partial charge < -0.3 is 4.90 Å². The number of benzene rings is 3. The second-order valence-corrected chi connectivity index (χ2v) is 8.08. The molecule has 0 bridgehead atoms. The monoisotopic (exact) mass is 403 g/mol. The van der Waals surface area contributed by atoms with Gasteiger partial charge in [0.05, 0.1) is 17.8 Å². The largest absolute Gasteiger partial charge is 0.327 e. The van der Waals surface area contributed by atoms with E-state index in [2.05, 4.69) is 24.3 Å². The fraction of sp³-hybridized carbons (Fsp3) is 0.160. The number of fused-ring (bicyclic) bond motifs is 2. The first-order valence-electron chi connectivity index (χ1n) is 9.92. The van der Waals surface area contributed by atoms with Gasteiger partial charge in [0.15, 0.2) is 0 Å². The van der Waals surface area contributed by atoms with Crippen molar-refractivity contribution in [3.05, 3.63) is 100 Å². The lowest BCUT2D eigenvalue weighted by molar-refractivity contribution is -0.929. The Balaban J connectivity index is 1.66. The molecular formula is C25H21ClFN2+. The van der Waals surface area contributed by atoms with Crippen molar-refractivity contribution in [2.75, 3.05) is 6.54 Å². The lowest BCUT2D eigenvalue weighted by Crippen LogP contribution is -3.10. The standard InChI is InChI=1S/C25H20ClFN2/c26-18-10-11-23-20(14-18)25(19-8-4-5-9-22(19)27)21-16-29(13-12-24(21)28-23)15-17-6-2-1-3-7-17/h1-11,14H,12-13,15-16H2/p+1. The second kappa shape index (κ2) is 7.58. The highest BCUT2D eigenvalue weighted by atomic mass is 35.5. The van der Waals surface area contributed by atoms with Crippen LogP contribution in [0.4, 0.5) is 4.39 Å². The average molecular weight is 404 g/mol. The molecule has 0 saturated carbocycles. The van der Waals surface area contributed by atoms with Gasteiger partial charge in [0, 0.05) is 39.1 Å². The molecule has 0 fully saturated rings. The van der Waals surface area contributed by atoms with Gasteiger partial charge in [-0.05, 0) is 24.3 Å². The maximum absolute atomic E-state index is 14.9. The van der Waals surface area contributed by atoms with E-state index in [0.29, 0.717) is 10.6 Å². The van der Waals surface area contributed by atoms with Crippen molar-refractivity contribution in [1.29, 1.82) is 0 Å². The summed E-state index contributed by atoms with van der Waals surface area (Å²) < 4.78 is 14.9. The molecule has 5 rings (SSSR count). The summed E-state index contributed by atoms with van der Waals surface area (Å²) in [6.45, 7) is 2.79. The van der Waals surface area contributed by atoms with Crippen molar-refractivity contribution in [2.45, 2.75) is 19.5 Å². The van der Waals surface area contributed by atoms with E-state index in [9.17, 15) is 4.39 Å². The summed E-state index contributed by atoms with van der Waals surface area (Å²) in [5.74, 6) is -0.211. The zero-order valence-corrected chi connectivity index (χ0v) is 16.7. The van der Waals surface area contributed by atoms with Crippen molar-refractivity contribution >= 4 is 22.5 Å². The van der Waals surface area contributed by atoms with Crippen LogP contribution in [0.25, 0.3) is 22.0 Å². The van der Waals surface area contributed by atoms with E-state index >= 15 is 0 Å². The molecule has 0 saturated heterocycles. The number of quaternary nitrogens is 1. The Kier molecular flexibility index (Phi) is 4.78. The minimum absolute atomic E-state index is 0.211. The highest BCUT2D eigenvalue weighted by Gasteiger charge is 2.27. The maximum atomic E-state index is 14.9. The van der Waals surface area contributed by atoms with E-state index in [0.717, 1.165) is 53.8 Å². The molecule has 1 atom stereocenters. The number of pyridine rings is 1. The van der Waals surface area contributed by atoms with Crippen LogP contribution in [-0.2, 0) is 19.5 Å². The minimum Gasteiger partial charge on any atom is -0.327 e. The average Bonchev–Trinajstić information content (AvgIpc) is 2.74. The van der Waals surface area contributed by atoms with E-state index in [1.54, 1.807) is 6.07 Å². The number of halogens is 2. The van der Waals surface area contributed by atoms with E-state index in [1.165, 1.54) is 16.5 Å². The number of nitrogens with zero attached hydrogens (tertiary/aromatic N) is 1. The van der Waals surface area contributed by atoms with E-state index in [-0.39, 0.29) is 5.82 Å². The molecular weight excluding hydrogens is 383 g/mol. The smallest absolute Gasteiger partial charge is 0.131 e. The van der Waals surface area contributed by atoms with E-state index < -0.39 is 0 Å². The summed E-state index contributed by atoms with van der Waals surface area (Å²) >= 11 is 6.31. The van der Waals surface area contributed by atoms with Crippen molar-refractivity contribution in [3.8, 4) is 11.1 Å². The van der Waals surface area contributed by atoms with Crippen LogP contribution in [0.5, 0.6) is 0 Å². The zero-order valence-electron chi connectivity index (χ0n) is 16.0. The highest BCUT2D eigenvalue weighted by Crippen LogP contribution is 2.36. The molecule has 29 heavy (non-hydrogen) atoms. The predicted molar refractivity (Wildman–Crippen MR) is 116 cm³/mol. The molecule has 3 aromatic carbocycles. The molecule has 0 spiro atoms. The lowest BCUT2D eigenvalue weighted by Gasteiger charge is -2.28. The summed E-state index contributed by atoms with van der Waals surface area (Å²) in [6, 6.07) is 23.2. The van der Waals surface area contributed by atoms with Gasteiger partial charge in [-0.25, -0.2) is 4.39 Å². The van der Waals surface area contributed by atoms with Crippen LogP contribution in [0, 0.1) is 5.82 Å². The number of nitrogens with one attached hydrogen (secondary N) is 1. The fourth-order valence-corrected chi connectivity index (χ4v) is 4.54. The molecule has 1 N–H and O–H groups in total.